The van der Waals surface area contributed by atoms with Gasteiger partial charge in [-0.25, -0.2) is 0 Å². The van der Waals surface area contributed by atoms with Gasteiger partial charge in [-0.3, -0.25) is 19.2 Å². The highest BCUT2D eigenvalue weighted by Crippen LogP contribution is 2.48. The van der Waals surface area contributed by atoms with Crippen LogP contribution in [-0.2, 0) is 29.5 Å². The topological polar surface area (TPSA) is 86.7 Å². The molecule has 1 saturated carbocycles. The number of Topliss-reactive ketones (excluding diaryl/α,β-unsaturated/α-hetero) is 2. The van der Waals surface area contributed by atoms with Crippen molar-refractivity contribution < 1.29 is 28.7 Å². The maximum absolute atomic E-state index is 13.5. The molecule has 2 aromatic rings. The Morgan fingerprint density at radius 3 is 1.97 bits per heavy atom. The van der Waals surface area contributed by atoms with Crippen molar-refractivity contribution in [2.45, 2.75) is 32.3 Å². The van der Waals surface area contributed by atoms with E-state index in [2.05, 4.69) is 0 Å². The smallest absolute Gasteiger partial charge is 0.308 e. The Balaban J connectivity index is 2.00. The van der Waals surface area contributed by atoms with Crippen LogP contribution in [0.2, 0.25) is 0 Å². The van der Waals surface area contributed by atoms with Gasteiger partial charge < -0.3 is 9.47 Å². The van der Waals surface area contributed by atoms with Crippen LogP contribution in [0.4, 0.5) is 0 Å². The average molecular weight is 416 g/mol. The van der Waals surface area contributed by atoms with E-state index in [-0.39, 0.29) is 22.5 Å². The van der Waals surface area contributed by atoms with Gasteiger partial charge in [-0.05, 0) is 36.1 Å². The summed E-state index contributed by atoms with van der Waals surface area (Å²) in [4.78, 5) is 50.9. The van der Waals surface area contributed by atoms with Gasteiger partial charge in [-0.15, -0.1) is 0 Å². The van der Waals surface area contributed by atoms with Crippen LogP contribution in [0.1, 0.15) is 32.3 Å². The van der Waals surface area contributed by atoms with E-state index < -0.39 is 29.1 Å². The number of fused-ring (bicyclic) bond motifs is 1. The Morgan fingerprint density at radius 2 is 1.42 bits per heavy atom. The normalized spacial score (nSPS) is 16.8. The third-order valence-corrected chi connectivity index (χ3v) is 5.30. The van der Waals surface area contributed by atoms with E-state index in [0.29, 0.717) is 18.4 Å². The number of ether oxygens (including phenoxy) is 2. The van der Waals surface area contributed by atoms with Crippen LogP contribution in [0, 0.1) is 0 Å². The Morgan fingerprint density at radius 1 is 0.806 bits per heavy atom. The molecule has 4 rings (SSSR count). The first-order valence-corrected chi connectivity index (χ1v) is 9.93. The molecule has 0 unspecified atom stereocenters. The van der Waals surface area contributed by atoms with Crippen LogP contribution in [0.15, 0.2) is 71.8 Å². The van der Waals surface area contributed by atoms with Crippen molar-refractivity contribution in [3.05, 3.63) is 77.4 Å². The molecule has 0 amide bonds. The summed E-state index contributed by atoms with van der Waals surface area (Å²) in [6, 6.07) is 14.1. The lowest BCUT2D eigenvalue weighted by Crippen LogP contribution is -2.43. The molecule has 0 saturated heterocycles. The van der Waals surface area contributed by atoms with Gasteiger partial charge in [0.2, 0.25) is 11.6 Å². The number of benzene rings is 2. The van der Waals surface area contributed by atoms with Gasteiger partial charge in [-0.2, -0.15) is 0 Å². The van der Waals surface area contributed by atoms with Gasteiger partial charge in [0.1, 0.15) is 5.75 Å². The third kappa shape index (κ3) is 3.40. The van der Waals surface area contributed by atoms with Crippen molar-refractivity contribution in [2.24, 2.45) is 0 Å². The molecule has 0 N–H and O–H groups in total. The maximum Gasteiger partial charge on any atom is 0.308 e. The Hall–Kier alpha value is -3.80. The zero-order valence-corrected chi connectivity index (χ0v) is 17.1. The lowest BCUT2D eigenvalue weighted by atomic mass is 9.86. The Labute approximate surface area is 179 Å². The SMILES string of the molecule is CC(=O)Oc1ccc(-c2ccccc2)cc1C1(OC(C)=O)C(=O)C2=CCCC=C2C1=O. The first kappa shape index (κ1) is 20.5. The molecule has 31 heavy (non-hydrogen) atoms. The first-order chi connectivity index (χ1) is 14.8. The molecule has 6 heteroatoms. The molecule has 156 valence electrons. The van der Waals surface area contributed by atoms with Gasteiger partial charge in [0.25, 0.3) is 5.60 Å². The number of hydrogen-bond donors (Lipinski definition) is 0. The lowest BCUT2D eigenvalue weighted by Gasteiger charge is -2.27. The molecular weight excluding hydrogens is 396 g/mol. The van der Waals surface area contributed by atoms with Gasteiger partial charge in [0.15, 0.2) is 0 Å². The van der Waals surface area contributed by atoms with Crippen molar-refractivity contribution in [2.75, 3.05) is 0 Å². The van der Waals surface area contributed by atoms with E-state index in [1.165, 1.54) is 13.0 Å². The second kappa shape index (κ2) is 7.80. The number of hydrogen-bond acceptors (Lipinski definition) is 6. The fraction of sp³-hybridized carbons (Fsp3) is 0.200. The van der Waals surface area contributed by atoms with E-state index in [4.69, 9.17) is 9.47 Å². The van der Waals surface area contributed by atoms with Crippen molar-refractivity contribution in [1.82, 2.24) is 0 Å². The van der Waals surface area contributed by atoms with Crippen molar-refractivity contribution in [1.29, 1.82) is 0 Å². The Kier molecular flexibility index (Phi) is 5.15. The number of rotatable bonds is 4. The molecule has 0 atom stereocenters. The maximum atomic E-state index is 13.5. The number of ketones is 2. The molecule has 0 radical (unpaired) electrons. The molecular formula is C25H20O6. The van der Waals surface area contributed by atoms with Crippen LogP contribution < -0.4 is 4.74 Å². The lowest BCUT2D eigenvalue weighted by molar-refractivity contribution is -0.168. The summed E-state index contributed by atoms with van der Waals surface area (Å²) in [6.07, 6.45) is 4.59. The summed E-state index contributed by atoms with van der Waals surface area (Å²) < 4.78 is 10.8. The molecule has 2 aliphatic carbocycles. The molecule has 0 bridgehead atoms. The highest BCUT2D eigenvalue weighted by Gasteiger charge is 2.61. The second-order valence-electron chi connectivity index (χ2n) is 7.42. The van der Waals surface area contributed by atoms with Crippen LogP contribution in [-0.4, -0.2) is 23.5 Å². The second-order valence-corrected chi connectivity index (χ2v) is 7.42. The van der Waals surface area contributed by atoms with Gasteiger partial charge >= 0.3 is 11.9 Å². The molecule has 6 nitrogen and oxygen atoms in total. The standard InChI is InChI=1S/C25H20O6/c1-15(26)30-22-13-12-18(17-8-4-3-5-9-17)14-21(22)25(31-16(2)27)23(28)19-10-6-7-11-20(19)24(25)29/h3-5,8-14H,6-7H2,1-2H3. The monoisotopic (exact) mass is 416 g/mol. The molecule has 0 spiro atoms. The predicted molar refractivity (Wildman–Crippen MR) is 112 cm³/mol. The summed E-state index contributed by atoms with van der Waals surface area (Å²) in [6.45, 7) is 2.36. The van der Waals surface area contributed by atoms with E-state index >= 15 is 0 Å². The van der Waals surface area contributed by atoms with E-state index in [1.807, 2.05) is 30.3 Å². The number of allylic oxidation sites excluding steroid dienone is 2. The summed E-state index contributed by atoms with van der Waals surface area (Å²) in [5.74, 6) is -2.68. The van der Waals surface area contributed by atoms with Crippen LogP contribution in [0.5, 0.6) is 5.75 Å². The molecule has 0 aromatic heterocycles. The van der Waals surface area contributed by atoms with Crippen molar-refractivity contribution in [3.63, 3.8) is 0 Å². The zero-order valence-electron chi connectivity index (χ0n) is 17.1. The number of carbonyl (C=O) groups excluding carboxylic acids is 4. The van der Waals surface area contributed by atoms with E-state index in [9.17, 15) is 19.2 Å². The Bertz CT molecular complexity index is 1140. The largest absolute Gasteiger partial charge is 0.437 e. The molecule has 0 heterocycles. The molecule has 2 aromatic carbocycles. The number of esters is 2. The van der Waals surface area contributed by atoms with Crippen molar-refractivity contribution >= 4 is 23.5 Å². The minimum absolute atomic E-state index is 0.00465. The number of carbonyl (C=O) groups is 4. The predicted octanol–water partition coefficient (Wildman–Crippen LogP) is 3.84. The highest BCUT2D eigenvalue weighted by atomic mass is 16.6. The van der Waals surface area contributed by atoms with Crippen LogP contribution >= 0.6 is 0 Å². The highest BCUT2D eigenvalue weighted by molar-refractivity contribution is 6.35. The molecule has 1 fully saturated rings. The van der Waals surface area contributed by atoms with Crippen LogP contribution in [0.25, 0.3) is 11.1 Å². The minimum atomic E-state index is -2.23. The van der Waals surface area contributed by atoms with Gasteiger partial charge in [0, 0.05) is 25.0 Å². The average Bonchev–Trinajstić information content (AvgIpc) is 2.96. The molecule has 2 aliphatic rings. The van der Waals surface area contributed by atoms with Crippen LogP contribution in [0.3, 0.4) is 0 Å². The summed E-state index contributed by atoms with van der Waals surface area (Å²) in [7, 11) is 0. The quantitative estimate of drug-likeness (QED) is 0.428. The zero-order chi connectivity index (χ0) is 22.2. The van der Waals surface area contributed by atoms with E-state index in [1.54, 1.807) is 24.3 Å². The van der Waals surface area contributed by atoms with Gasteiger partial charge in [0.05, 0.1) is 5.56 Å². The fourth-order valence-corrected chi connectivity index (χ4v) is 4.05. The fourth-order valence-electron chi connectivity index (χ4n) is 4.05. The summed E-state index contributed by atoms with van der Waals surface area (Å²) in [5.41, 5.74) is -0.233. The first-order valence-electron chi connectivity index (χ1n) is 9.93. The van der Waals surface area contributed by atoms with E-state index in [0.717, 1.165) is 12.5 Å². The van der Waals surface area contributed by atoms with Gasteiger partial charge in [-0.1, -0.05) is 48.6 Å². The van der Waals surface area contributed by atoms with Crippen molar-refractivity contribution in [3.8, 4) is 16.9 Å². The third-order valence-electron chi connectivity index (χ3n) is 5.30. The molecule has 0 aliphatic heterocycles. The summed E-state index contributed by atoms with van der Waals surface area (Å²) >= 11 is 0. The minimum Gasteiger partial charge on any atom is -0.437 e. The summed E-state index contributed by atoms with van der Waals surface area (Å²) in [5, 5.41) is 0.